The summed E-state index contributed by atoms with van der Waals surface area (Å²) in [5, 5.41) is 19.8. The number of amides is 2. The molecule has 21 heavy (non-hydrogen) atoms. The molecule has 0 saturated heterocycles. The molecule has 0 aromatic carbocycles. The molecule has 0 radical (unpaired) electrons. The zero-order chi connectivity index (χ0) is 15.5. The van der Waals surface area contributed by atoms with E-state index in [1.165, 1.54) is 6.26 Å². The Morgan fingerprint density at radius 1 is 1.57 bits per heavy atom. The van der Waals surface area contributed by atoms with Gasteiger partial charge in [-0.25, -0.2) is 4.79 Å². The van der Waals surface area contributed by atoms with E-state index in [9.17, 15) is 9.90 Å². The van der Waals surface area contributed by atoms with Crippen LogP contribution in [0, 0.1) is 0 Å². The highest BCUT2D eigenvalue weighted by Crippen LogP contribution is 2.19. The average Bonchev–Trinajstić information content (AvgIpc) is 3.07. The maximum absolute atomic E-state index is 11.9. The van der Waals surface area contributed by atoms with Gasteiger partial charge in [-0.05, 0) is 25.5 Å². The molecule has 0 saturated carbocycles. The van der Waals surface area contributed by atoms with Gasteiger partial charge < -0.3 is 14.8 Å². The van der Waals surface area contributed by atoms with E-state index in [4.69, 9.17) is 4.42 Å². The maximum Gasteiger partial charge on any atom is 0.320 e. The van der Waals surface area contributed by atoms with Crippen molar-refractivity contribution in [3.63, 3.8) is 0 Å². The summed E-state index contributed by atoms with van der Waals surface area (Å²) in [6.07, 6.45) is 2.27. The van der Waals surface area contributed by atoms with Crippen LogP contribution < -0.4 is 10.6 Å². The molecule has 1 unspecified atom stereocenters. The number of nitrogens with one attached hydrogen (secondary N) is 2. The summed E-state index contributed by atoms with van der Waals surface area (Å²) in [6.45, 7) is 3.60. The number of urea groups is 1. The van der Waals surface area contributed by atoms with Crippen molar-refractivity contribution in [3.05, 3.63) is 35.9 Å². The lowest BCUT2D eigenvalue weighted by Crippen LogP contribution is -2.40. The molecule has 0 fully saturated rings. The summed E-state index contributed by atoms with van der Waals surface area (Å²) >= 11 is 0. The predicted octanol–water partition coefficient (Wildman–Crippen LogP) is 1.60. The number of carbonyl (C=O) groups excluding carboxylic acids is 1. The number of aryl methyl sites for hydroxylation is 2. The molecular formula is C14H20N4O3. The van der Waals surface area contributed by atoms with Crippen LogP contribution in [-0.2, 0) is 19.1 Å². The number of aromatic nitrogens is 2. The second-order valence-corrected chi connectivity index (χ2v) is 5.06. The summed E-state index contributed by atoms with van der Waals surface area (Å²) in [7, 11) is 1.76. The number of aliphatic hydroxyl groups is 1. The monoisotopic (exact) mass is 292 g/mol. The lowest BCUT2D eigenvalue weighted by molar-refractivity contribution is 0.0372. The first-order chi connectivity index (χ1) is 9.92. The standard InChI is InChI=1S/C14H20N4O3/c1-4-10-8-12(18(3)17-10)16-13(19)15-9-14(2,20)11-6-5-7-21-11/h5-8,20H,4,9H2,1-3H3,(H2,15,16,19). The fraction of sp³-hybridized carbons (Fsp3) is 0.429. The summed E-state index contributed by atoms with van der Waals surface area (Å²) in [6, 6.07) is 4.75. The molecule has 114 valence electrons. The van der Waals surface area contributed by atoms with Gasteiger partial charge in [0.25, 0.3) is 0 Å². The normalized spacial score (nSPS) is 13.7. The first-order valence-electron chi connectivity index (χ1n) is 6.76. The summed E-state index contributed by atoms with van der Waals surface area (Å²) in [5.41, 5.74) is -0.364. The molecule has 0 aliphatic heterocycles. The van der Waals surface area contributed by atoms with Gasteiger partial charge in [-0.3, -0.25) is 10.00 Å². The molecule has 0 bridgehead atoms. The molecule has 0 spiro atoms. The van der Waals surface area contributed by atoms with Crippen molar-refractivity contribution >= 4 is 11.8 Å². The van der Waals surface area contributed by atoms with Gasteiger partial charge in [-0.2, -0.15) is 5.10 Å². The Labute approximate surface area is 123 Å². The lowest BCUT2D eigenvalue weighted by atomic mass is 10.0. The van der Waals surface area contributed by atoms with Gasteiger partial charge in [0.15, 0.2) is 0 Å². The number of furan rings is 1. The Bertz CT molecular complexity index is 602. The Hall–Kier alpha value is -2.28. The minimum Gasteiger partial charge on any atom is -0.466 e. The molecule has 1 atom stereocenters. The highest BCUT2D eigenvalue weighted by Gasteiger charge is 2.26. The third kappa shape index (κ3) is 3.63. The van der Waals surface area contributed by atoms with Gasteiger partial charge in [0.2, 0.25) is 0 Å². The lowest BCUT2D eigenvalue weighted by Gasteiger charge is -2.21. The minimum absolute atomic E-state index is 0.0326. The smallest absolute Gasteiger partial charge is 0.320 e. The third-order valence-electron chi connectivity index (χ3n) is 3.18. The van der Waals surface area contributed by atoms with Crippen LogP contribution in [0.4, 0.5) is 10.6 Å². The van der Waals surface area contributed by atoms with E-state index in [0.717, 1.165) is 12.1 Å². The van der Waals surface area contributed by atoms with Crippen molar-refractivity contribution in [3.8, 4) is 0 Å². The second kappa shape index (κ2) is 6.01. The summed E-state index contributed by atoms with van der Waals surface area (Å²) < 4.78 is 6.75. The van der Waals surface area contributed by atoms with Crippen LogP contribution in [0.25, 0.3) is 0 Å². The van der Waals surface area contributed by atoms with Crippen LogP contribution >= 0.6 is 0 Å². The Morgan fingerprint density at radius 3 is 2.90 bits per heavy atom. The van der Waals surface area contributed by atoms with Crippen molar-refractivity contribution < 1.29 is 14.3 Å². The van der Waals surface area contributed by atoms with Gasteiger partial charge >= 0.3 is 6.03 Å². The average molecular weight is 292 g/mol. The topological polar surface area (TPSA) is 92.3 Å². The van der Waals surface area contributed by atoms with Crippen LogP contribution in [0.3, 0.4) is 0 Å². The number of anilines is 1. The maximum atomic E-state index is 11.9. The van der Waals surface area contributed by atoms with Crippen molar-refractivity contribution in [2.24, 2.45) is 7.05 Å². The van der Waals surface area contributed by atoms with Crippen LogP contribution in [0.5, 0.6) is 0 Å². The van der Waals surface area contributed by atoms with E-state index in [0.29, 0.717) is 11.6 Å². The first kappa shape index (κ1) is 15.1. The number of hydrogen-bond acceptors (Lipinski definition) is 4. The van der Waals surface area contributed by atoms with E-state index in [2.05, 4.69) is 15.7 Å². The highest BCUT2D eigenvalue weighted by atomic mass is 16.4. The van der Waals surface area contributed by atoms with Crippen LogP contribution in [0.1, 0.15) is 25.3 Å². The van der Waals surface area contributed by atoms with E-state index in [1.54, 1.807) is 30.8 Å². The van der Waals surface area contributed by atoms with Crippen molar-refractivity contribution in [1.29, 1.82) is 0 Å². The third-order valence-corrected chi connectivity index (χ3v) is 3.18. The van der Waals surface area contributed by atoms with E-state index in [1.807, 2.05) is 13.0 Å². The number of carbonyl (C=O) groups is 1. The fourth-order valence-electron chi connectivity index (χ4n) is 1.90. The number of nitrogens with zero attached hydrogens (tertiary/aromatic N) is 2. The van der Waals surface area contributed by atoms with Crippen molar-refractivity contribution in [2.75, 3.05) is 11.9 Å². The highest BCUT2D eigenvalue weighted by molar-refractivity contribution is 5.88. The van der Waals surface area contributed by atoms with Crippen LogP contribution in [0.2, 0.25) is 0 Å². The molecule has 2 heterocycles. The van der Waals surface area contributed by atoms with Gasteiger partial charge in [0.1, 0.15) is 17.2 Å². The summed E-state index contributed by atoms with van der Waals surface area (Å²) in [5.74, 6) is 0.999. The van der Waals surface area contributed by atoms with Gasteiger partial charge in [-0.1, -0.05) is 6.92 Å². The Morgan fingerprint density at radius 2 is 2.33 bits per heavy atom. The zero-order valence-electron chi connectivity index (χ0n) is 12.4. The molecule has 0 aliphatic rings. The van der Waals surface area contributed by atoms with E-state index >= 15 is 0 Å². The Kier molecular flexibility index (Phi) is 4.32. The largest absolute Gasteiger partial charge is 0.466 e. The molecule has 7 nitrogen and oxygen atoms in total. The second-order valence-electron chi connectivity index (χ2n) is 5.06. The summed E-state index contributed by atoms with van der Waals surface area (Å²) in [4.78, 5) is 11.9. The predicted molar refractivity (Wildman–Crippen MR) is 77.9 cm³/mol. The molecule has 0 aliphatic carbocycles. The van der Waals surface area contributed by atoms with Crippen molar-refractivity contribution in [2.45, 2.75) is 25.9 Å². The molecule has 3 N–H and O–H groups in total. The van der Waals surface area contributed by atoms with Gasteiger partial charge in [0.05, 0.1) is 18.5 Å². The number of hydrogen-bond donors (Lipinski definition) is 3. The fourth-order valence-corrected chi connectivity index (χ4v) is 1.90. The van der Waals surface area contributed by atoms with E-state index < -0.39 is 11.6 Å². The van der Waals surface area contributed by atoms with Gasteiger partial charge in [0, 0.05) is 13.1 Å². The molecule has 2 rings (SSSR count). The molecular weight excluding hydrogens is 272 g/mol. The Balaban J connectivity index is 1.91. The molecule has 2 amide bonds. The van der Waals surface area contributed by atoms with E-state index in [-0.39, 0.29) is 6.54 Å². The van der Waals surface area contributed by atoms with Crippen LogP contribution in [0.15, 0.2) is 28.9 Å². The van der Waals surface area contributed by atoms with Crippen LogP contribution in [-0.4, -0.2) is 27.5 Å². The minimum atomic E-state index is -1.26. The van der Waals surface area contributed by atoms with Crippen molar-refractivity contribution in [1.82, 2.24) is 15.1 Å². The molecule has 7 heteroatoms. The molecule has 2 aromatic heterocycles. The first-order valence-corrected chi connectivity index (χ1v) is 6.76. The number of rotatable bonds is 5. The SMILES string of the molecule is CCc1cc(NC(=O)NCC(C)(O)c2ccco2)n(C)n1. The quantitative estimate of drug-likeness (QED) is 0.780. The molecule has 2 aromatic rings. The zero-order valence-corrected chi connectivity index (χ0v) is 12.4. The van der Waals surface area contributed by atoms with Gasteiger partial charge in [-0.15, -0.1) is 0 Å².